The first-order chi connectivity index (χ1) is 12.1. The van der Waals surface area contributed by atoms with Gasteiger partial charge in [-0.2, -0.15) is 0 Å². The molecule has 0 rings (SSSR count). The van der Waals surface area contributed by atoms with Crippen LogP contribution in [0.4, 0.5) is 0 Å². The van der Waals surface area contributed by atoms with Gasteiger partial charge in [0.1, 0.15) is 13.2 Å². The zero-order chi connectivity index (χ0) is 20.3. The van der Waals surface area contributed by atoms with Gasteiger partial charge in [0, 0.05) is 33.9 Å². The normalized spacial score (nSPS) is 12.7. The molecule has 0 aliphatic carbocycles. The van der Waals surface area contributed by atoms with Gasteiger partial charge in [0.15, 0.2) is 12.2 Å². The van der Waals surface area contributed by atoms with Crippen LogP contribution in [-0.4, -0.2) is 74.2 Å². The smallest absolute Gasteiger partial charge is 0.325 e. The molecule has 26 heavy (non-hydrogen) atoms. The Morgan fingerprint density at radius 3 is 2.00 bits per heavy atom. The number of amides is 1. The first kappa shape index (κ1) is 23.1. The van der Waals surface area contributed by atoms with Crippen molar-refractivity contribution < 1.29 is 42.9 Å². The molecule has 0 bridgehead atoms. The lowest BCUT2D eigenvalue weighted by Crippen LogP contribution is -2.38. The molecule has 0 aromatic carbocycles. The lowest BCUT2D eigenvalue weighted by atomic mass is 10.2. The second kappa shape index (κ2) is 11.6. The Bertz CT molecular complexity index is 570. The molecule has 0 aromatic rings. The molecule has 2 atom stereocenters. The lowest BCUT2D eigenvalue weighted by molar-refractivity contribution is -0.169. The third kappa shape index (κ3) is 10.1. The summed E-state index contributed by atoms with van der Waals surface area (Å²) in [7, 11) is 2.55. The molecule has 0 saturated carbocycles. The molecular weight excluding hydrogens is 350 g/mol. The largest absolute Gasteiger partial charge is 0.468 e. The van der Waals surface area contributed by atoms with Crippen molar-refractivity contribution in [1.82, 2.24) is 4.90 Å². The van der Waals surface area contributed by atoms with Crippen molar-refractivity contribution >= 4 is 29.8 Å². The highest BCUT2D eigenvalue weighted by Crippen LogP contribution is 2.09. The van der Waals surface area contributed by atoms with E-state index in [1.54, 1.807) is 0 Å². The summed E-state index contributed by atoms with van der Waals surface area (Å²) in [4.78, 5) is 57.7. The second-order valence-corrected chi connectivity index (χ2v) is 5.15. The Morgan fingerprint density at radius 2 is 1.54 bits per heavy atom. The molecule has 10 nitrogen and oxygen atoms in total. The summed E-state index contributed by atoms with van der Waals surface area (Å²) in [5.74, 6) is -3.21. The number of likely N-dealkylation sites (N-methyl/N-ethyl adjacent to an activating group) is 1. The number of esters is 4. The van der Waals surface area contributed by atoms with Gasteiger partial charge in [0.25, 0.3) is 0 Å². The van der Waals surface area contributed by atoms with Crippen LogP contribution in [0.3, 0.4) is 0 Å². The Kier molecular flexibility index (Phi) is 10.3. The maximum Gasteiger partial charge on any atom is 0.325 e. The highest BCUT2D eigenvalue weighted by molar-refractivity contribution is 5.90. The van der Waals surface area contributed by atoms with E-state index in [1.165, 1.54) is 20.2 Å². The van der Waals surface area contributed by atoms with Crippen molar-refractivity contribution in [2.24, 2.45) is 0 Å². The van der Waals surface area contributed by atoms with Crippen molar-refractivity contribution in [3.63, 3.8) is 0 Å². The van der Waals surface area contributed by atoms with Crippen LogP contribution in [0.2, 0.25) is 0 Å². The summed E-state index contributed by atoms with van der Waals surface area (Å²) in [5, 5.41) is 0. The van der Waals surface area contributed by atoms with E-state index in [-0.39, 0.29) is 13.2 Å². The average Bonchev–Trinajstić information content (AvgIpc) is 2.53. The molecule has 10 heteroatoms. The molecule has 0 fully saturated rings. The monoisotopic (exact) mass is 373 g/mol. The minimum Gasteiger partial charge on any atom is -0.468 e. The van der Waals surface area contributed by atoms with Gasteiger partial charge in [0.05, 0.1) is 7.11 Å². The number of methoxy groups -OCH3 is 1. The van der Waals surface area contributed by atoms with Gasteiger partial charge in [-0.15, -0.1) is 0 Å². The van der Waals surface area contributed by atoms with E-state index in [0.717, 1.165) is 31.7 Å². The summed E-state index contributed by atoms with van der Waals surface area (Å²) in [6, 6.07) is 0. The van der Waals surface area contributed by atoms with E-state index < -0.39 is 42.0 Å². The summed E-state index contributed by atoms with van der Waals surface area (Å²) >= 11 is 0. The summed E-state index contributed by atoms with van der Waals surface area (Å²) in [6.07, 6.45) is -0.100. The standard InChI is InChI=1S/C16H23NO9/c1-10(18)24-9-14(26-12(3)20)13(25-11(2)19)6-7-15(21)17(4)8-16(22)23-5/h6-7,13-14H,8-9H2,1-5H3/b7-6+/t13-,14-/m0/s1. The zero-order valence-electron chi connectivity index (χ0n) is 15.3. The fourth-order valence-electron chi connectivity index (χ4n) is 1.68. The number of carbonyl (C=O) groups is 5. The number of hydrogen-bond donors (Lipinski definition) is 0. The molecular formula is C16H23NO9. The van der Waals surface area contributed by atoms with Gasteiger partial charge in [-0.1, -0.05) is 0 Å². The molecule has 0 heterocycles. The van der Waals surface area contributed by atoms with Crippen molar-refractivity contribution in [2.75, 3.05) is 27.3 Å². The Hall–Kier alpha value is -2.91. The number of hydrogen-bond acceptors (Lipinski definition) is 9. The van der Waals surface area contributed by atoms with Crippen LogP contribution in [-0.2, 0) is 42.9 Å². The average molecular weight is 373 g/mol. The summed E-state index contributed by atoms with van der Waals surface area (Å²) < 4.78 is 19.3. The van der Waals surface area contributed by atoms with Crippen LogP contribution in [0, 0.1) is 0 Å². The molecule has 0 N–H and O–H groups in total. The van der Waals surface area contributed by atoms with E-state index in [1.807, 2.05) is 0 Å². The van der Waals surface area contributed by atoms with Crippen LogP contribution < -0.4 is 0 Å². The Labute approximate surface area is 151 Å². The molecule has 0 aliphatic heterocycles. The third-order valence-electron chi connectivity index (χ3n) is 2.84. The molecule has 0 aliphatic rings. The molecule has 0 saturated heterocycles. The van der Waals surface area contributed by atoms with Crippen molar-refractivity contribution in [1.29, 1.82) is 0 Å². The molecule has 1 amide bonds. The molecule has 0 aromatic heterocycles. The minimum atomic E-state index is -1.17. The van der Waals surface area contributed by atoms with Crippen molar-refractivity contribution in [2.45, 2.75) is 33.0 Å². The third-order valence-corrected chi connectivity index (χ3v) is 2.84. The predicted molar refractivity (Wildman–Crippen MR) is 86.5 cm³/mol. The molecule has 146 valence electrons. The van der Waals surface area contributed by atoms with Crippen molar-refractivity contribution in [3.8, 4) is 0 Å². The number of carbonyl (C=O) groups excluding carboxylic acids is 5. The quantitative estimate of drug-likeness (QED) is 0.301. The first-order valence-electron chi connectivity index (χ1n) is 7.54. The van der Waals surface area contributed by atoms with Gasteiger partial charge in [-0.25, -0.2) is 0 Å². The Morgan fingerprint density at radius 1 is 0.962 bits per heavy atom. The van der Waals surface area contributed by atoms with Crippen LogP contribution >= 0.6 is 0 Å². The minimum absolute atomic E-state index is 0.279. The zero-order valence-corrected chi connectivity index (χ0v) is 15.3. The van der Waals surface area contributed by atoms with Gasteiger partial charge < -0.3 is 23.8 Å². The van der Waals surface area contributed by atoms with Crippen LogP contribution in [0.15, 0.2) is 12.2 Å². The summed E-state index contributed by atoms with van der Waals surface area (Å²) in [6.45, 7) is 2.77. The fourth-order valence-corrected chi connectivity index (χ4v) is 1.68. The highest BCUT2D eigenvalue weighted by Gasteiger charge is 2.27. The summed E-state index contributed by atoms with van der Waals surface area (Å²) in [5.41, 5.74) is 0. The Balaban J connectivity index is 5.24. The molecule has 0 unspecified atom stereocenters. The number of ether oxygens (including phenoxy) is 4. The van der Waals surface area contributed by atoms with Gasteiger partial charge in [-0.3, -0.25) is 24.0 Å². The number of rotatable bonds is 9. The topological polar surface area (TPSA) is 126 Å². The maximum atomic E-state index is 12.0. The SMILES string of the molecule is COC(=O)CN(C)C(=O)/C=C/[C@H](OC(C)=O)[C@H](COC(C)=O)OC(C)=O. The van der Waals surface area contributed by atoms with Crippen LogP contribution in [0.1, 0.15) is 20.8 Å². The number of nitrogens with zero attached hydrogens (tertiary/aromatic N) is 1. The molecule has 0 spiro atoms. The molecule has 0 radical (unpaired) electrons. The van der Waals surface area contributed by atoms with E-state index in [9.17, 15) is 24.0 Å². The maximum absolute atomic E-state index is 12.0. The van der Waals surface area contributed by atoms with E-state index in [0.29, 0.717) is 0 Å². The van der Waals surface area contributed by atoms with E-state index >= 15 is 0 Å². The van der Waals surface area contributed by atoms with Gasteiger partial charge >= 0.3 is 23.9 Å². The highest BCUT2D eigenvalue weighted by atomic mass is 16.6. The van der Waals surface area contributed by atoms with Gasteiger partial charge in [0.2, 0.25) is 5.91 Å². The predicted octanol–water partition coefficient (Wildman–Crippen LogP) is -0.399. The van der Waals surface area contributed by atoms with E-state index in [4.69, 9.17) is 14.2 Å². The van der Waals surface area contributed by atoms with E-state index in [2.05, 4.69) is 4.74 Å². The second-order valence-electron chi connectivity index (χ2n) is 5.15. The fraction of sp³-hybridized carbons (Fsp3) is 0.562. The first-order valence-corrected chi connectivity index (χ1v) is 7.54. The lowest BCUT2D eigenvalue weighted by Gasteiger charge is -2.23. The van der Waals surface area contributed by atoms with Crippen LogP contribution in [0.25, 0.3) is 0 Å². The van der Waals surface area contributed by atoms with Crippen LogP contribution in [0.5, 0.6) is 0 Å². The van der Waals surface area contributed by atoms with Crippen molar-refractivity contribution in [3.05, 3.63) is 12.2 Å². The van der Waals surface area contributed by atoms with Gasteiger partial charge in [-0.05, 0) is 6.08 Å².